The topological polar surface area (TPSA) is 383 Å². The minimum atomic E-state index is -5.16. The third-order valence-electron chi connectivity index (χ3n) is 6.87. The first-order valence-corrected chi connectivity index (χ1v) is 22.8. The van der Waals surface area contributed by atoms with Gasteiger partial charge in [0.05, 0.1) is 61.9 Å². The second-order valence-electron chi connectivity index (χ2n) is 10.6. The van der Waals surface area contributed by atoms with Crippen LogP contribution in [-0.4, -0.2) is 94.3 Å². The Bertz CT molecular complexity index is 2790. The standard InChI is InChI=1S/C26H25N5O18S6/c27-23-22-15(14-21(53(39,40)41)25(23)31-29-17-3-7-19(8-4-17)52(37,38)12-10-49-55(45,46)47)13-20(50(33)34)24(26(22)32)30-28-16-1-5-18(6-2-16)51(35,36)11-9-48-54(42,43)44/h1-8,13-14,32H,9-12,27H2,(H,33,34)(H,39,40,41)(H,42,43,44)(H,45,46,47). The molecule has 1 atom stereocenters. The predicted octanol–water partition coefficient (Wildman–Crippen LogP) is 2.97. The van der Waals surface area contributed by atoms with Crippen LogP contribution in [0.15, 0.2) is 101 Å². The highest BCUT2D eigenvalue weighted by molar-refractivity contribution is 7.91. The van der Waals surface area contributed by atoms with E-state index in [0.717, 1.165) is 60.7 Å². The van der Waals surface area contributed by atoms with Crippen molar-refractivity contribution in [2.75, 3.05) is 30.5 Å². The van der Waals surface area contributed by atoms with Crippen LogP contribution >= 0.6 is 0 Å². The van der Waals surface area contributed by atoms with Gasteiger partial charge in [-0.15, -0.1) is 10.2 Å². The largest absolute Gasteiger partial charge is 0.505 e. The fourth-order valence-corrected chi connectivity index (χ4v) is 8.61. The summed E-state index contributed by atoms with van der Waals surface area (Å²) in [4.78, 5) is -2.24. The molecule has 0 radical (unpaired) electrons. The van der Waals surface area contributed by atoms with E-state index in [1.165, 1.54) is 0 Å². The number of aromatic hydroxyl groups is 1. The van der Waals surface area contributed by atoms with Crippen LogP contribution in [0, 0.1) is 0 Å². The van der Waals surface area contributed by atoms with Crippen LogP contribution < -0.4 is 5.73 Å². The van der Waals surface area contributed by atoms with Gasteiger partial charge in [-0.1, -0.05) is 0 Å². The Morgan fingerprint density at radius 2 is 1.05 bits per heavy atom. The summed E-state index contributed by atoms with van der Waals surface area (Å²) >= 11 is -2.92. The van der Waals surface area contributed by atoms with Gasteiger partial charge in [0.15, 0.2) is 36.5 Å². The first kappa shape index (κ1) is 43.3. The molecule has 0 aliphatic carbocycles. The molecule has 7 N–H and O–H groups in total. The number of rotatable bonds is 16. The van der Waals surface area contributed by atoms with Crippen molar-refractivity contribution in [2.24, 2.45) is 20.5 Å². The summed E-state index contributed by atoms with van der Waals surface area (Å²) in [5.41, 5.74) is 3.95. The number of azo groups is 2. The van der Waals surface area contributed by atoms with E-state index in [0.29, 0.717) is 0 Å². The Labute approximate surface area is 314 Å². The van der Waals surface area contributed by atoms with Gasteiger partial charge in [-0.2, -0.15) is 35.5 Å². The maximum atomic E-state index is 12.4. The molecule has 0 saturated carbocycles. The highest BCUT2D eigenvalue weighted by Gasteiger charge is 2.26. The highest BCUT2D eigenvalue weighted by Crippen LogP contribution is 2.48. The van der Waals surface area contributed by atoms with Gasteiger partial charge < -0.3 is 15.4 Å². The third kappa shape index (κ3) is 11.3. The molecule has 0 saturated heterocycles. The van der Waals surface area contributed by atoms with Crippen LogP contribution in [0.4, 0.5) is 28.4 Å². The van der Waals surface area contributed by atoms with Gasteiger partial charge in [-0.3, -0.25) is 13.7 Å². The second-order valence-corrected chi connectivity index (χ2v) is 19.3. The summed E-state index contributed by atoms with van der Waals surface area (Å²) in [6, 6.07) is 10.2. The van der Waals surface area contributed by atoms with Gasteiger partial charge in [0.1, 0.15) is 16.3 Å². The molecule has 0 bridgehead atoms. The molecular formula is C26H25N5O18S6. The Hall–Kier alpha value is -4.40. The monoisotopic (exact) mass is 887 g/mol. The molecule has 0 fully saturated rings. The number of nitrogens with zero attached hydrogens (tertiary/aromatic N) is 4. The van der Waals surface area contributed by atoms with Gasteiger partial charge in [0.25, 0.3) is 10.1 Å². The molecule has 1 unspecified atom stereocenters. The number of fused-ring (bicyclic) bond motifs is 1. The molecule has 4 aromatic carbocycles. The number of benzene rings is 4. The third-order valence-corrected chi connectivity index (χ3v) is 12.7. The van der Waals surface area contributed by atoms with E-state index in [1.54, 1.807) is 0 Å². The van der Waals surface area contributed by atoms with Crippen molar-refractivity contribution >= 4 is 101 Å². The van der Waals surface area contributed by atoms with Gasteiger partial charge in [-0.05, 0) is 66.0 Å². The zero-order valence-corrected chi connectivity index (χ0v) is 31.9. The zero-order chi connectivity index (χ0) is 41.1. The van der Waals surface area contributed by atoms with Crippen molar-refractivity contribution in [2.45, 2.75) is 19.6 Å². The Morgan fingerprint density at radius 3 is 1.44 bits per heavy atom. The van der Waals surface area contributed by atoms with Crippen LogP contribution in [0.5, 0.6) is 5.75 Å². The van der Waals surface area contributed by atoms with Crippen molar-refractivity contribution < 1.29 is 78.0 Å². The molecule has 29 heteroatoms. The first-order chi connectivity index (χ1) is 25.3. The van der Waals surface area contributed by atoms with Crippen LogP contribution in [0.2, 0.25) is 0 Å². The molecular weight excluding hydrogens is 863 g/mol. The van der Waals surface area contributed by atoms with Crippen molar-refractivity contribution in [3.8, 4) is 5.75 Å². The first-order valence-electron chi connectivity index (χ1n) is 14.2. The number of phenolic OH excluding ortho intramolecular Hbond substituents is 1. The fraction of sp³-hybridized carbons (Fsp3) is 0.154. The Kier molecular flexibility index (Phi) is 12.9. The number of nitrogen functional groups attached to an aromatic ring is 1. The van der Waals surface area contributed by atoms with Crippen LogP contribution in [0.25, 0.3) is 10.8 Å². The maximum Gasteiger partial charge on any atom is 0.397 e. The van der Waals surface area contributed by atoms with Crippen molar-refractivity contribution in [1.82, 2.24) is 0 Å². The predicted molar refractivity (Wildman–Crippen MR) is 189 cm³/mol. The number of anilines is 1. The van der Waals surface area contributed by atoms with Crippen LogP contribution in [0.1, 0.15) is 0 Å². The van der Waals surface area contributed by atoms with E-state index >= 15 is 0 Å². The lowest BCUT2D eigenvalue weighted by molar-refractivity contribution is 0.282. The number of sulfone groups is 2. The number of hydrogen-bond donors (Lipinski definition) is 6. The number of hydrogen-bond acceptors (Lipinski definition) is 19. The maximum absolute atomic E-state index is 12.4. The summed E-state index contributed by atoms with van der Waals surface area (Å²) in [5, 5.41) is 25.7. The molecule has 0 aliphatic heterocycles. The summed E-state index contributed by atoms with van der Waals surface area (Å²) in [6.07, 6.45) is 0. The molecule has 0 aliphatic rings. The van der Waals surface area contributed by atoms with Gasteiger partial charge in [0.2, 0.25) is 0 Å². The molecule has 0 aromatic heterocycles. The van der Waals surface area contributed by atoms with Crippen molar-refractivity contribution in [1.29, 1.82) is 0 Å². The van der Waals surface area contributed by atoms with Crippen molar-refractivity contribution in [3.63, 3.8) is 0 Å². The average molecular weight is 888 g/mol. The minimum absolute atomic E-state index is 0.0725. The second kappa shape index (κ2) is 16.4. The molecule has 0 heterocycles. The Morgan fingerprint density at radius 1 is 0.636 bits per heavy atom. The summed E-state index contributed by atoms with van der Waals surface area (Å²) in [6.45, 7) is -1.78. The van der Waals surface area contributed by atoms with Gasteiger partial charge in [0, 0.05) is 0 Å². The van der Waals surface area contributed by atoms with Crippen LogP contribution in [-0.2, 0) is 70.0 Å². The highest BCUT2D eigenvalue weighted by atomic mass is 32.3. The van der Waals surface area contributed by atoms with E-state index in [2.05, 4.69) is 28.8 Å². The minimum Gasteiger partial charge on any atom is -0.505 e. The summed E-state index contributed by atoms with van der Waals surface area (Å²) in [7, 11) is -23.2. The molecule has 55 heavy (non-hydrogen) atoms. The lowest BCUT2D eigenvalue weighted by Crippen LogP contribution is -2.15. The number of nitrogens with two attached hydrogens (primary N) is 1. The lowest BCUT2D eigenvalue weighted by atomic mass is 10.1. The molecule has 23 nitrogen and oxygen atoms in total. The van der Waals surface area contributed by atoms with Gasteiger partial charge in [-0.25, -0.2) is 29.4 Å². The molecule has 4 rings (SSSR count). The molecule has 4 aromatic rings. The van der Waals surface area contributed by atoms with E-state index in [-0.39, 0.29) is 26.6 Å². The Balaban J connectivity index is 1.72. The SMILES string of the molecule is Nc1c(N=Nc2ccc(S(=O)(=O)CCOS(=O)(=O)O)cc2)c(S(=O)(=O)O)cc2cc(S(=O)O)c(N=Nc3ccc(S(=O)(=O)CCOS(=O)(=O)O)cc3)c(O)c12. The quantitative estimate of drug-likeness (QED) is 0.0407. The average Bonchev–Trinajstić information content (AvgIpc) is 3.05. The van der Waals surface area contributed by atoms with E-state index < -0.39 is 124 Å². The number of phenols is 1. The summed E-state index contributed by atoms with van der Waals surface area (Å²) in [5.74, 6) is -2.60. The molecule has 0 amide bonds. The van der Waals surface area contributed by atoms with E-state index in [1.807, 2.05) is 0 Å². The summed E-state index contributed by atoms with van der Waals surface area (Å²) < 4.78 is 175. The normalized spacial score (nSPS) is 13.9. The van der Waals surface area contributed by atoms with E-state index in [4.69, 9.17) is 14.8 Å². The van der Waals surface area contributed by atoms with Gasteiger partial charge >= 0.3 is 20.8 Å². The lowest BCUT2D eigenvalue weighted by Gasteiger charge is -2.14. The van der Waals surface area contributed by atoms with Crippen molar-refractivity contribution in [3.05, 3.63) is 60.7 Å². The molecule has 298 valence electrons. The molecule has 0 spiro atoms. The smallest absolute Gasteiger partial charge is 0.397 e. The zero-order valence-electron chi connectivity index (χ0n) is 27.0. The van der Waals surface area contributed by atoms with Crippen LogP contribution in [0.3, 0.4) is 0 Å². The fourth-order valence-electron chi connectivity index (χ4n) is 4.43. The van der Waals surface area contributed by atoms with E-state index in [9.17, 15) is 60.5 Å².